The first kappa shape index (κ1) is 41.9. The molecule has 0 N–H and O–H groups in total. The van der Waals surface area contributed by atoms with Gasteiger partial charge in [0.1, 0.15) is 36.8 Å². The lowest BCUT2D eigenvalue weighted by atomic mass is 9.95. The molecule has 4 unspecified atom stereocenters. The van der Waals surface area contributed by atoms with Gasteiger partial charge in [0.25, 0.3) is 0 Å². The molecule has 4 bridgehead atoms. The van der Waals surface area contributed by atoms with E-state index in [4.69, 9.17) is 18.9 Å². The second kappa shape index (κ2) is 18.0. The summed E-state index contributed by atoms with van der Waals surface area (Å²) in [6.07, 6.45) is 9.36. The predicted octanol–water partition coefficient (Wildman–Crippen LogP) is 0.172. The van der Waals surface area contributed by atoms with Gasteiger partial charge in [-0.25, -0.2) is 0 Å². The molecule has 4 atom stereocenters. The number of fused-ring (bicyclic) bond motifs is 4. The number of carbonyl (C=O) groups excluding carboxylic acids is 4. The minimum absolute atomic E-state index is 0. The van der Waals surface area contributed by atoms with E-state index in [1.54, 1.807) is 0 Å². The molecule has 0 radical (unpaired) electrons. The van der Waals surface area contributed by atoms with Gasteiger partial charge < -0.3 is 61.9 Å². The molecule has 286 valence electrons. The van der Waals surface area contributed by atoms with Crippen molar-refractivity contribution in [3.63, 3.8) is 0 Å². The third-order valence-electron chi connectivity index (χ3n) is 12.2. The Balaban J connectivity index is 0.00000302. The summed E-state index contributed by atoms with van der Waals surface area (Å²) in [5, 5.41) is 0. The fourth-order valence-electron chi connectivity index (χ4n) is 9.64. The number of quaternary nitrogens is 2. The van der Waals surface area contributed by atoms with Crippen LogP contribution >= 0.6 is 0 Å². The molecule has 52 heavy (non-hydrogen) atoms. The Kier molecular flexibility index (Phi) is 14.5. The van der Waals surface area contributed by atoms with Gasteiger partial charge in [0.15, 0.2) is 0 Å². The van der Waals surface area contributed by atoms with Crippen molar-refractivity contribution in [3.8, 4) is 11.5 Å². The minimum Gasteiger partial charge on any atom is -1.00 e. The maximum atomic E-state index is 12.8. The number of nitrogens with zero attached hydrogens (tertiary/aromatic N) is 2. The Morgan fingerprint density at radius 1 is 0.577 bits per heavy atom. The van der Waals surface area contributed by atoms with Gasteiger partial charge in [-0.1, -0.05) is 24.3 Å². The average molecular weight is 851 g/mol. The first-order valence-electron chi connectivity index (χ1n) is 18.5. The number of hydrogen-bond acceptors (Lipinski definition) is 8. The van der Waals surface area contributed by atoms with Crippen LogP contribution in [0.15, 0.2) is 48.5 Å². The van der Waals surface area contributed by atoms with E-state index < -0.39 is 0 Å². The Labute approximate surface area is 329 Å². The number of halogens is 2. The number of piperidine rings is 2. The van der Waals surface area contributed by atoms with E-state index in [-0.39, 0.29) is 70.0 Å². The Hall–Kier alpha value is -2.80. The number of carbonyl (C=O) groups is 4. The van der Waals surface area contributed by atoms with E-state index in [0.29, 0.717) is 61.3 Å². The molecule has 0 amide bonds. The van der Waals surface area contributed by atoms with Crippen LogP contribution in [0, 0.1) is 0 Å². The topological polar surface area (TPSA) is 105 Å². The van der Waals surface area contributed by atoms with Crippen molar-refractivity contribution in [3.05, 3.63) is 59.7 Å². The second-order valence-corrected chi connectivity index (χ2v) is 15.6. The van der Waals surface area contributed by atoms with Crippen LogP contribution in [0.1, 0.15) is 102 Å². The van der Waals surface area contributed by atoms with Gasteiger partial charge >= 0.3 is 23.9 Å². The molecule has 4 aliphatic rings. The highest BCUT2D eigenvalue weighted by Gasteiger charge is 2.54. The average Bonchev–Trinajstić information content (AvgIpc) is 3.29. The van der Waals surface area contributed by atoms with E-state index in [1.807, 2.05) is 48.5 Å². The van der Waals surface area contributed by atoms with Crippen molar-refractivity contribution >= 4 is 23.9 Å². The fourth-order valence-corrected chi connectivity index (χ4v) is 9.64. The molecule has 0 aromatic heterocycles. The van der Waals surface area contributed by atoms with Gasteiger partial charge in [0.2, 0.25) is 0 Å². The number of esters is 4. The molecule has 0 saturated carbocycles. The minimum atomic E-state index is -0.317. The molecule has 4 saturated heterocycles. The summed E-state index contributed by atoms with van der Waals surface area (Å²) >= 11 is 0. The zero-order valence-electron chi connectivity index (χ0n) is 30.9. The number of para-hydroxylation sites is 2. The van der Waals surface area contributed by atoms with E-state index in [2.05, 4.69) is 14.1 Å². The molecule has 4 fully saturated rings. The third kappa shape index (κ3) is 9.65. The first-order chi connectivity index (χ1) is 23.9. The molecule has 10 nitrogen and oxygen atoms in total. The van der Waals surface area contributed by atoms with Crippen LogP contribution in [0.25, 0.3) is 0 Å². The Morgan fingerprint density at radius 3 is 1.23 bits per heavy atom. The van der Waals surface area contributed by atoms with Crippen LogP contribution in [-0.2, 0) is 41.7 Å². The Bertz CT molecular complexity index is 1440. The summed E-state index contributed by atoms with van der Waals surface area (Å²) < 4.78 is 24.7. The van der Waals surface area contributed by atoms with Gasteiger partial charge in [-0.3, -0.25) is 19.2 Å². The van der Waals surface area contributed by atoms with Crippen molar-refractivity contribution in [1.29, 1.82) is 0 Å². The zero-order chi connectivity index (χ0) is 35.5. The second-order valence-electron chi connectivity index (χ2n) is 15.6. The normalized spacial score (nSPS) is 29.9. The largest absolute Gasteiger partial charge is 1.00 e. The van der Waals surface area contributed by atoms with Gasteiger partial charge in [0.05, 0.1) is 38.3 Å². The molecular weight excluding hydrogens is 796 g/mol. The SMILES string of the molecule is CC(=O)Oc1ccccc1C[N+]1(C)C2CCC1CC(OC(=O)CCCCC(=O)OC1CC3CCC(C1)[N+]3(C)Cc1ccccc1OC(C)=O)C2.[Br-].[Br-]. The smallest absolute Gasteiger partial charge is 0.308 e. The maximum Gasteiger partial charge on any atom is 0.308 e. The molecule has 0 aliphatic carbocycles. The lowest BCUT2D eigenvalue weighted by molar-refractivity contribution is -0.961. The summed E-state index contributed by atoms with van der Waals surface area (Å²) in [4.78, 5) is 49.0. The van der Waals surface area contributed by atoms with Gasteiger partial charge in [-0.2, -0.15) is 0 Å². The molecule has 0 spiro atoms. The Morgan fingerprint density at radius 2 is 0.904 bits per heavy atom. The highest BCUT2D eigenvalue weighted by atomic mass is 79.9. The number of ether oxygens (including phenoxy) is 4. The maximum absolute atomic E-state index is 12.8. The summed E-state index contributed by atoms with van der Waals surface area (Å²) in [7, 11) is 4.57. The number of rotatable bonds is 13. The predicted molar refractivity (Wildman–Crippen MR) is 186 cm³/mol. The number of benzene rings is 2. The van der Waals surface area contributed by atoms with Crippen LogP contribution in [0.4, 0.5) is 0 Å². The lowest BCUT2D eigenvalue weighted by Gasteiger charge is -2.47. The van der Waals surface area contributed by atoms with Crippen LogP contribution in [0.3, 0.4) is 0 Å². The monoisotopic (exact) mass is 848 g/mol. The summed E-state index contributed by atoms with van der Waals surface area (Å²) in [6.45, 7) is 4.41. The fraction of sp³-hybridized carbons (Fsp3) is 0.600. The highest BCUT2D eigenvalue weighted by molar-refractivity contribution is 5.71. The van der Waals surface area contributed by atoms with Gasteiger partial charge in [-0.15, -0.1) is 0 Å². The lowest BCUT2D eigenvalue weighted by Crippen LogP contribution is -3.00. The molecular formula is C40H54Br2N2O8. The van der Waals surface area contributed by atoms with Crippen molar-refractivity contribution in [2.24, 2.45) is 0 Å². The van der Waals surface area contributed by atoms with E-state index in [1.165, 1.54) is 13.8 Å². The molecule has 2 aromatic rings. The van der Waals surface area contributed by atoms with E-state index in [9.17, 15) is 19.2 Å². The first-order valence-corrected chi connectivity index (χ1v) is 18.5. The van der Waals surface area contributed by atoms with Crippen LogP contribution in [0.2, 0.25) is 0 Å². The quantitative estimate of drug-likeness (QED) is 0.122. The number of unbranched alkanes of at least 4 members (excludes halogenated alkanes) is 1. The summed E-state index contributed by atoms with van der Waals surface area (Å²) in [5.74, 6) is 0.246. The van der Waals surface area contributed by atoms with Gasteiger partial charge in [-0.05, 0) is 37.1 Å². The van der Waals surface area contributed by atoms with Crippen molar-refractivity contribution in [2.45, 2.75) is 140 Å². The standard InChI is InChI=1S/C40H54N2O8.2BrH/c1-27(43)47-37-13-7-5-11-29(37)25-41(3)31-17-18-32(41)22-35(21-31)49-39(45)15-9-10-16-40(46)50-36-23-33-19-20-34(24-36)42(33,4)26-30-12-6-8-14-38(30)48-28(2)44;;/h5-8,11-14,31-36H,9-10,15-26H2,1-4H3;2*1H/q+2;;/p-2. The van der Waals surface area contributed by atoms with Crippen molar-refractivity contribution in [2.75, 3.05) is 14.1 Å². The number of hydrogen-bond donors (Lipinski definition) is 0. The zero-order valence-corrected chi connectivity index (χ0v) is 34.1. The van der Waals surface area contributed by atoms with E-state index in [0.717, 1.165) is 84.5 Å². The van der Waals surface area contributed by atoms with Crippen LogP contribution < -0.4 is 43.4 Å². The van der Waals surface area contributed by atoms with Crippen molar-refractivity contribution < 1.29 is 81.1 Å². The summed E-state index contributed by atoms with van der Waals surface area (Å²) in [6, 6.07) is 17.1. The molecule has 4 aliphatic heterocycles. The van der Waals surface area contributed by atoms with Gasteiger partial charge in [0, 0.05) is 89.2 Å². The molecule has 6 rings (SSSR count). The van der Waals surface area contributed by atoms with E-state index >= 15 is 0 Å². The summed E-state index contributed by atoms with van der Waals surface area (Å²) in [5.41, 5.74) is 2.06. The third-order valence-corrected chi connectivity index (χ3v) is 12.2. The molecule has 12 heteroatoms. The molecule has 4 heterocycles. The highest BCUT2D eigenvalue weighted by Crippen LogP contribution is 2.46. The van der Waals surface area contributed by atoms with Crippen LogP contribution in [-0.4, -0.2) is 83.3 Å². The molecule has 2 aromatic carbocycles. The van der Waals surface area contributed by atoms with Crippen molar-refractivity contribution in [1.82, 2.24) is 0 Å². The van der Waals surface area contributed by atoms with Crippen LogP contribution in [0.5, 0.6) is 11.5 Å².